The van der Waals surface area contributed by atoms with Gasteiger partial charge in [0, 0.05) is 37.3 Å². The molecule has 0 aliphatic carbocycles. The van der Waals surface area contributed by atoms with Crippen LogP contribution in [-0.2, 0) is 10.9 Å². The van der Waals surface area contributed by atoms with Crippen LogP contribution < -0.4 is 9.80 Å². The normalized spacial score (nSPS) is 14.7. The molecule has 1 fully saturated rings. The minimum absolute atomic E-state index is 0.00384. The van der Waals surface area contributed by atoms with Gasteiger partial charge < -0.3 is 14.5 Å². The topological polar surface area (TPSA) is 58.6 Å². The van der Waals surface area contributed by atoms with E-state index in [2.05, 4.69) is 9.97 Å². The summed E-state index contributed by atoms with van der Waals surface area (Å²) in [6, 6.07) is 12.8. The van der Waals surface area contributed by atoms with E-state index in [0.717, 1.165) is 11.5 Å². The van der Waals surface area contributed by atoms with Crippen LogP contribution in [0.5, 0.6) is 0 Å². The SMILES string of the molecule is CCOC(=O)c1nc(N2CCN(c3cccc(C(F)(F)F)c3)CC2)c2ccccc2n1. The number of nitrogens with zero attached hydrogens (tertiary/aromatic N) is 4. The number of alkyl halides is 3. The molecule has 2 aromatic carbocycles. The largest absolute Gasteiger partial charge is 0.460 e. The maximum absolute atomic E-state index is 13.0. The Morgan fingerprint density at radius 1 is 1.00 bits per heavy atom. The minimum Gasteiger partial charge on any atom is -0.460 e. The molecule has 1 saturated heterocycles. The molecule has 1 aliphatic rings. The first-order valence-electron chi connectivity index (χ1n) is 9.98. The van der Waals surface area contributed by atoms with Gasteiger partial charge in [0.05, 0.1) is 17.7 Å². The molecule has 31 heavy (non-hydrogen) atoms. The third kappa shape index (κ3) is 4.40. The van der Waals surface area contributed by atoms with E-state index in [-0.39, 0.29) is 12.4 Å². The van der Waals surface area contributed by atoms with Gasteiger partial charge in [0.2, 0.25) is 5.82 Å². The van der Waals surface area contributed by atoms with Crippen molar-refractivity contribution in [2.75, 3.05) is 42.6 Å². The molecule has 162 valence electrons. The third-order valence-corrected chi connectivity index (χ3v) is 5.16. The molecule has 0 unspecified atom stereocenters. The molecule has 6 nitrogen and oxygen atoms in total. The number of hydrogen-bond acceptors (Lipinski definition) is 6. The highest BCUT2D eigenvalue weighted by molar-refractivity contribution is 5.94. The van der Waals surface area contributed by atoms with Gasteiger partial charge >= 0.3 is 12.1 Å². The molecule has 0 atom stereocenters. The van der Waals surface area contributed by atoms with Gasteiger partial charge in [-0.05, 0) is 37.3 Å². The molecule has 2 heterocycles. The van der Waals surface area contributed by atoms with Gasteiger partial charge in [0.25, 0.3) is 0 Å². The molecule has 0 bridgehead atoms. The van der Waals surface area contributed by atoms with Crippen molar-refractivity contribution in [2.45, 2.75) is 13.1 Å². The van der Waals surface area contributed by atoms with Crippen LogP contribution in [-0.4, -0.2) is 48.7 Å². The molecule has 0 spiro atoms. The number of fused-ring (bicyclic) bond motifs is 1. The van der Waals surface area contributed by atoms with Crippen molar-refractivity contribution in [3.05, 3.63) is 59.9 Å². The Balaban J connectivity index is 1.58. The number of rotatable bonds is 4. The van der Waals surface area contributed by atoms with E-state index in [9.17, 15) is 18.0 Å². The zero-order chi connectivity index (χ0) is 22.0. The van der Waals surface area contributed by atoms with E-state index in [1.54, 1.807) is 13.0 Å². The number of carbonyl (C=O) groups is 1. The summed E-state index contributed by atoms with van der Waals surface area (Å²) in [5, 5.41) is 0.808. The summed E-state index contributed by atoms with van der Waals surface area (Å²) in [7, 11) is 0. The van der Waals surface area contributed by atoms with Crippen LogP contribution in [0.2, 0.25) is 0 Å². The predicted molar refractivity (Wildman–Crippen MR) is 111 cm³/mol. The van der Waals surface area contributed by atoms with Crippen LogP contribution in [0.3, 0.4) is 0 Å². The van der Waals surface area contributed by atoms with Crippen molar-refractivity contribution in [1.82, 2.24) is 9.97 Å². The average Bonchev–Trinajstić information content (AvgIpc) is 2.78. The Labute approximate surface area is 177 Å². The summed E-state index contributed by atoms with van der Waals surface area (Å²) in [6.45, 7) is 4.06. The summed E-state index contributed by atoms with van der Waals surface area (Å²) >= 11 is 0. The number of esters is 1. The van der Waals surface area contributed by atoms with Crippen molar-refractivity contribution in [3.8, 4) is 0 Å². The average molecular weight is 430 g/mol. The van der Waals surface area contributed by atoms with Gasteiger partial charge in [-0.2, -0.15) is 13.2 Å². The van der Waals surface area contributed by atoms with E-state index in [0.29, 0.717) is 43.2 Å². The standard InChI is InChI=1S/C22H21F3N4O2/c1-2-31-21(30)19-26-18-9-4-3-8-17(18)20(27-19)29-12-10-28(11-13-29)16-7-5-6-15(14-16)22(23,24)25/h3-9,14H,2,10-13H2,1H3. The van der Waals surface area contributed by atoms with Crippen LogP contribution in [0.15, 0.2) is 48.5 Å². The Morgan fingerprint density at radius 3 is 2.42 bits per heavy atom. The first-order valence-corrected chi connectivity index (χ1v) is 9.98. The third-order valence-electron chi connectivity index (χ3n) is 5.16. The van der Waals surface area contributed by atoms with Crippen LogP contribution >= 0.6 is 0 Å². The lowest BCUT2D eigenvalue weighted by Crippen LogP contribution is -2.47. The maximum atomic E-state index is 13.0. The number of halogens is 3. The highest BCUT2D eigenvalue weighted by Crippen LogP contribution is 2.32. The summed E-state index contributed by atoms with van der Waals surface area (Å²) in [5.41, 5.74) is 0.512. The Kier molecular flexibility index (Phi) is 5.67. The van der Waals surface area contributed by atoms with Crippen LogP contribution in [0.1, 0.15) is 23.1 Å². The second-order valence-electron chi connectivity index (χ2n) is 7.13. The van der Waals surface area contributed by atoms with Crippen LogP contribution in [0, 0.1) is 0 Å². The molecule has 4 rings (SSSR count). The van der Waals surface area contributed by atoms with Crippen LogP contribution in [0.4, 0.5) is 24.7 Å². The Bertz CT molecular complexity index is 1100. The van der Waals surface area contributed by atoms with Gasteiger partial charge in [-0.1, -0.05) is 18.2 Å². The predicted octanol–water partition coefficient (Wildman–Crippen LogP) is 4.15. The quantitative estimate of drug-likeness (QED) is 0.580. The summed E-state index contributed by atoms with van der Waals surface area (Å²) in [4.78, 5) is 24.9. The smallest absolute Gasteiger partial charge is 0.416 e. The van der Waals surface area contributed by atoms with Gasteiger partial charge in [0.1, 0.15) is 5.82 Å². The first-order chi connectivity index (χ1) is 14.9. The summed E-state index contributed by atoms with van der Waals surface area (Å²) in [6.07, 6.45) is -4.37. The lowest BCUT2D eigenvalue weighted by atomic mass is 10.1. The van der Waals surface area contributed by atoms with Crippen molar-refractivity contribution >= 4 is 28.4 Å². The van der Waals surface area contributed by atoms with E-state index in [1.165, 1.54) is 12.1 Å². The van der Waals surface area contributed by atoms with E-state index >= 15 is 0 Å². The van der Waals surface area contributed by atoms with Crippen molar-refractivity contribution in [2.24, 2.45) is 0 Å². The van der Waals surface area contributed by atoms with Gasteiger partial charge in [-0.15, -0.1) is 0 Å². The second kappa shape index (κ2) is 8.41. The number of piperazine rings is 1. The van der Waals surface area contributed by atoms with Gasteiger partial charge in [-0.25, -0.2) is 14.8 Å². The first kappa shape index (κ1) is 20.9. The molecule has 1 aromatic heterocycles. The number of hydrogen-bond donors (Lipinski definition) is 0. The van der Waals surface area contributed by atoms with E-state index < -0.39 is 17.7 Å². The van der Waals surface area contributed by atoms with Gasteiger partial charge in [0.15, 0.2) is 0 Å². The van der Waals surface area contributed by atoms with Crippen LogP contribution in [0.25, 0.3) is 10.9 Å². The van der Waals surface area contributed by atoms with Crippen molar-refractivity contribution in [3.63, 3.8) is 0 Å². The lowest BCUT2D eigenvalue weighted by molar-refractivity contribution is -0.137. The Morgan fingerprint density at radius 2 is 1.71 bits per heavy atom. The number of aromatic nitrogens is 2. The van der Waals surface area contributed by atoms with Crippen molar-refractivity contribution < 1.29 is 22.7 Å². The molecule has 1 aliphatic heterocycles. The molecule has 0 radical (unpaired) electrons. The molecule has 9 heteroatoms. The van der Waals surface area contributed by atoms with Crippen molar-refractivity contribution in [1.29, 1.82) is 0 Å². The van der Waals surface area contributed by atoms with E-state index in [1.807, 2.05) is 34.1 Å². The molecule has 0 N–H and O–H groups in total. The number of carbonyl (C=O) groups excluding carboxylic acids is 1. The zero-order valence-corrected chi connectivity index (χ0v) is 16.9. The second-order valence-corrected chi connectivity index (χ2v) is 7.13. The molecule has 0 saturated carbocycles. The fraction of sp³-hybridized carbons (Fsp3) is 0.318. The maximum Gasteiger partial charge on any atom is 0.416 e. The molecule has 0 amide bonds. The number of ether oxygens (including phenoxy) is 1. The summed E-state index contributed by atoms with van der Waals surface area (Å²) < 4.78 is 44.2. The minimum atomic E-state index is -4.37. The fourth-order valence-corrected chi connectivity index (χ4v) is 3.64. The monoisotopic (exact) mass is 430 g/mol. The highest BCUT2D eigenvalue weighted by Gasteiger charge is 2.31. The molecule has 3 aromatic rings. The Hall–Kier alpha value is -3.36. The van der Waals surface area contributed by atoms with E-state index in [4.69, 9.17) is 4.74 Å². The summed E-state index contributed by atoms with van der Waals surface area (Å²) in [5.74, 6) is 0.0327. The van der Waals surface area contributed by atoms with Gasteiger partial charge in [-0.3, -0.25) is 0 Å². The zero-order valence-electron chi connectivity index (χ0n) is 16.9. The lowest BCUT2D eigenvalue weighted by Gasteiger charge is -2.37. The number of para-hydroxylation sites is 1. The highest BCUT2D eigenvalue weighted by atomic mass is 19.4. The number of benzene rings is 2. The number of anilines is 2. The fourth-order valence-electron chi connectivity index (χ4n) is 3.64. The molecular weight excluding hydrogens is 409 g/mol. The molecular formula is C22H21F3N4O2.